The van der Waals surface area contributed by atoms with Gasteiger partial charge < -0.3 is 4.74 Å². The minimum absolute atomic E-state index is 0.0534. The van der Waals surface area contributed by atoms with Crippen molar-refractivity contribution in [1.82, 2.24) is 0 Å². The molecular weight excluding hydrogens is 614 g/mol. The number of hydrogen-bond acceptors (Lipinski definition) is 8. The number of carbonyl (C=O) groups excluding carboxylic acids is 1. The Morgan fingerprint density at radius 3 is 1.81 bits per heavy atom. The molecule has 14 heteroatoms. The molecular formula is C29H30F4O8P2+2. The summed E-state index contributed by atoms with van der Waals surface area (Å²) in [5, 5.41) is -1.28. The summed E-state index contributed by atoms with van der Waals surface area (Å²) >= 11 is 0. The van der Waals surface area contributed by atoms with E-state index in [-0.39, 0.29) is 50.6 Å². The van der Waals surface area contributed by atoms with Crippen molar-refractivity contribution < 1.29 is 55.0 Å². The Morgan fingerprint density at radius 2 is 1.33 bits per heavy atom. The fraction of sp³-hybridized carbons (Fsp3) is 0.345. The smallest absolute Gasteiger partial charge is 0.464 e. The quantitative estimate of drug-likeness (QED) is 0.140. The molecule has 0 atom stereocenters. The lowest BCUT2D eigenvalue weighted by atomic mass is 10.0. The first-order chi connectivity index (χ1) is 20.5. The average Bonchev–Trinajstić information content (AvgIpc) is 2.98. The third-order valence-electron chi connectivity index (χ3n) is 6.89. The molecule has 5 rings (SSSR count). The highest BCUT2D eigenvalue weighted by Gasteiger charge is 2.73. The molecule has 0 bridgehead atoms. The van der Waals surface area contributed by atoms with Gasteiger partial charge in [0.25, 0.3) is 0 Å². The van der Waals surface area contributed by atoms with E-state index in [0.29, 0.717) is 29.7 Å². The van der Waals surface area contributed by atoms with E-state index in [0.717, 1.165) is 18.2 Å². The number of carbonyl (C=O) groups is 1. The van der Waals surface area contributed by atoms with E-state index in [9.17, 15) is 27.8 Å². The second-order valence-corrected chi connectivity index (χ2v) is 14.6. The minimum atomic E-state index is -4.41. The van der Waals surface area contributed by atoms with Gasteiger partial charge in [0.2, 0.25) is 0 Å². The van der Waals surface area contributed by atoms with E-state index in [1.165, 1.54) is 24.3 Å². The molecule has 2 N–H and O–H groups in total. The summed E-state index contributed by atoms with van der Waals surface area (Å²) in [7, 11) is -7.48. The van der Waals surface area contributed by atoms with Crippen molar-refractivity contribution >= 4 is 21.7 Å². The SMILES string of the molecule is O=C(CCOc1ccc(-c2ccc(C(F)(F)F)cc2)cc1)c1ccc(C([P+]2(O)OCCCO2)[P+]2(O)OCCCO2)cc1F. The molecule has 0 saturated carbocycles. The van der Waals surface area contributed by atoms with Gasteiger partial charge in [0.1, 0.15) is 11.6 Å². The molecule has 2 fully saturated rings. The fourth-order valence-electron chi connectivity index (χ4n) is 4.73. The lowest BCUT2D eigenvalue weighted by molar-refractivity contribution is -0.137. The monoisotopic (exact) mass is 644 g/mol. The maximum absolute atomic E-state index is 15.3. The van der Waals surface area contributed by atoms with Crippen LogP contribution in [0.3, 0.4) is 0 Å². The van der Waals surface area contributed by atoms with Gasteiger partial charge in [-0.15, -0.1) is 0 Å². The molecule has 0 aliphatic carbocycles. The molecule has 3 aromatic carbocycles. The highest BCUT2D eigenvalue weighted by Crippen LogP contribution is 2.87. The first-order valence-electron chi connectivity index (χ1n) is 13.5. The van der Waals surface area contributed by atoms with Crippen molar-refractivity contribution in [3.63, 3.8) is 0 Å². The molecule has 0 spiro atoms. The summed E-state index contributed by atoms with van der Waals surface area (Å²) < 4.78 is 81.6. The standard InChI is InChI=1S/C29H30F4O8P2/c30-26-19-22(28(42(35)38-14-1-15-39-42)43(36)40-16-2-17-41-43)7-12-25(26)27(34)13-18-37-24-10-5-21(6-11-24)20-3-8-23(9-4-20)29(31,32)33/h3-12,19,28,35-36H,1-2,13-18H2/q+2. The van der Waals surface area contributed by atoms with Crippen molar-refractivity contribution in [3.05, 3.63) is 89.2 Å². The highest BCUT2D eigenvalue weighted by molar-refractivity contribution is 7.78. The van der Waals surface area contributed by atoms with Gasteiger partial charge in [0, 0.05) is 19.3 Å². The molecule has 0 amide bonds. The second-order valence-electron chi connectivity index (χ2n) is 9.90. The molecule has 8 nitrogen and oxygen atoms in total. The summed E-state index contributed by atoms with van der Waals surface area (Å²) in [6, 6.07) is 15.1. The number of ether oxygens (including phenoxy) is 1. The topological polar surface area (TPSA) is 104 Å². The Kier molecular flexibility index (Phi) is 9.80. The number of halogens is 4. The Morgan fingerprint density at radius 1 is 0.814 bits per heavy atom. The summed E-state index contributed by atoms with van der Waals surface area (Å²) in [4.78, 5) is 35.3. The largest absolute Gasteiger partial charge is 0.493 e. The summed E-state index contributed by atoms with van der Waals surface area (Å²) in [5.74, 6) is -0.962. The molecule has 3 aromatic rings. The second kappa shape index (κ2) is 13.2. The van der Waals surface area contributed by atoms with E-state index in [2.05, 4.69) is 0 Å². The van der Waals surface area contributed by atoms with Gasteiger partial charge in [0.05, 0.1) is 49.7 Å². The van der Waals surface area contributed by atoms with Gasteiger partial charge in [-0.25, -0.2) is 4.39 Å². The van der Waals surface area contributed by atoms with Crippen LogP contribution in [0.2, 0.25) is 0 Å². The lowest BCUT2D eigenvalue weighted by Crippen LogP contribution is -2.25. The molecule has 0 radical (unpaired) electrons. The van der Waals surface area contributed by atoms with Crippen molar-refractivity contribution in [3.8, 4) is 16.9 Å². The maximum Gasteiger partial charge on any atom is 0.464 e. The zero-order valence-electron chi connectivity index (χ0n) is 22.8. The van der Waals surface area contributed by atoms with E-state index in [1.54, 1.807) is 24.3 Å². The van der Waals surface area contributed by atoms with Crippen LogP contribution in [-0.4, -0.2) is 48.6 Å². The van der Waals surface area contributed by atoms with Crippen LogP contribution in [0.4, 0.5) is 17.6 Å². The number of hydrogen-bond donors (Lipinski definition) is 2. The normalized spacial score (nSPS) is 18.4. The molecule has 2 saturated heterocycles. The van der Waals surface area contributed by atoms with Gasteiger partial charge in [-0.05, 0) is 53.6 Å². The van der Waals surface area contributed by atoms with Gasteiger partial charge in [-0.1, -0.05) is 24.3 Å². The van der Waals surface area contributed by atoms with Crippen LogP contribution < -0.4 is 4.74 Å². The molecule has 2 aliphatic rings. The number of ketones is 1. The third kappa shape index (κ3) is 7.41. The van der Waals surface area contributed by atoms with E-state index < -0.39 is 44.6 Å². The van der Waals surface area contributed by atoms with E-state index in [1.807, 2.05) is 0 Å². The fourth-order valence-corrected chi connectivity index (χ4v) is 10.4. The van der Waals surface area contributed by atoms with Crippen LogP contribution in [0.5, 0.6) is 5.75 Å². The van der Waals surface area contributed by atoms with Crippen molar-refractivity contribution in [2.24, 2.45) is 0 Å². The maximum atomic E-state index is 15.3. The van der Waals surface area contributed by atoms with E-state index in [4.69, 9.17) is 22.8 Å². The number of alkyl halides is 3. The molecule has 43 heavy (non-hydrogen) atoms. The molecule has 230 valence electrons. The number of Topliss-reactive ketones (excluding diaryl/α,β-unsaturated/α-hetero) is 1. The van der Waals surface area contributed by atoms with Crippen LogP contribution in [0.1, 0.15) is 46.1 Å². The van der Waals surface area contributed by atoms with Gasteiger partial charge in [-0.3, -0.25) is 4.79 Å². The van der Waals surface area contributed by atoms with Gasteiger partial charge in [-0.2, -0.15) is 41.1 Å². The van der Waals surface area contributed by atoms with Crippen LogP contribution in [0.15, 0.2) is 66.7 Å². The molecule has 2 aliphatic heterocycles. The molecule has 2 heterocycles. The van der Waals surface area contributed by atoms with Crippen molar-refractivity contribution in [2.75, 3.05) is 33.0 Å². The predicted molar refractivity (Wildman–Crippen MR) is 152 cm³/mol. The zero-order valence-corrected chi connectivity index (χ0v) is 24.6. The summed E-state index contributed by atoms with van der Waals surface area (Å²) in [5.41, 5.74) is 0.487. The van der Waals surface area contributed by atoms with Crippen LogP contribution in [0.25, 0.3) is 11.1 Å². The lowest BCUT2D eigenvalue weighted by Gasteiger charge is -2.31. The van der Waals surface area contributed by atoms with Crippen LogP contribution in [-0.2, 0) is 24.3 Å². The van der Waals surface area contributed by atoms with Crippen LogP contribution in [0, 0.1) is 5.82 Å². The zero-order chi connectivity index (χ0) is 30.7. The summed E-state index contributed by atoms with van der Waals surface area (Å²) in [6.07, 6.45) is -3.47. The highest BCUT2D eigenvalue weighted by atomic mass is 31.3. The van der Waals surface area contributed by atoms with Gasteiger partial charge in [0.15, 0.2) is 5.78 Å². The molecule has 0 unspecified atom stereocenters. The Bertz CT molecular complexity index is 1380. The van der Waals surface area contributed by atoms with E-state index >= 15 is 4.39 Å². The molecule has 0 aromatic heterocycles. The predicted octanol–water partition coefficient (Wildman–Crippen LogP) is 7.55. The Hall–Kier alpha value is -2.53. The first kappa shape index (κ1) is 31.9. The van der Waals surface area contributed by atoms with Crippen LogP contribution >= 0.6 is 15.9 Å². The first-order valence-corrected chi connectivity index (χ1v) is 16.8. The average molecular weight is 644 g/mol. The Labute approximate surface area is 246 Å². The number of rotatable bonds is 9. The third-order valence-corrected chi connectivity index (χ3v) is 12.7. The van der Waals surface area contributed by atoms with Gasteiger partial charge >= 0.3 is 27.5 Å². The van der Waals surface area contributed by atoms with Crippen molar-refractivity contribution in [2.45, 2.75) is 30.8 Å². The Balaban J connectivity index is 1.23. The minimum Gasteiger partial charge on any atom is -0.493 e. The summed E-state index contributed by atoms with van der Waals surface area (Å²) in [6.45, 7) is 0.715. The van der Waals surface area contributed by atoms with Crippen molar-refractivity contribution in [1.29, 1.82) is 0 Å². The number of benzene rings is 3.